The number of aromatic nitrogens is 1. The predicted octanol–water partition coefficient (Wildman–Crippen LogP) is 2.14. The average Bonchev–Trinajstić information content (AvgIpc) is 2.89. The molecule has 0 saturated heterocycles. The number of amides is 2. The topological polar surface area (TPSA) is 91.3 Å². The number of carboxylic acid groups (broad SMARTS) is 1. The fraction of sp³-hybridized carbons (Fsp3) is 0.643. The zero-order chi connectivity index (χ0) is 15.2. The van der Waals surface area contributed by atoms with Gasteiger partial charge in [0.25, 0.3) is 0 Å². The highest BCUT2D eigenvalue weighted by Gasteiger charge is 2.25. The molecule has 7 heteroatoms. The van der Waals surface area contributed by atoms with Crippen LogP contribution in [0.25, 0.3) is 0 Å². The normalized spacial score (nSPS) is 21.8. The highest BCUT2D eigenvalue weighted by Crippen LogP contribution is 2.28. The first kappa shape index (κ1) is 15.8. The quantitative estimate of drug-likeness (QED) is 0.777. The third kappa shape index (κ3) is 5.00. The predicted molar refractivity (Wildman–Crippen MR) is 80.2 cm³/mol. The molecule has 0 bridgehead atoms. The van der Waals surface area contributed by atoms with Gasteiger partial charge in [0.05, 0.1) is 12.5 Å². The van der Waals surface area contributed by atoms with Crippen molar-refractivity contribution in [2.45, 2.75) is 39.2 Å². The second-order valence-corrected chi connectivity index (χ2v) is 6.80. The lowest BCUT2D eigenvalue weighted by Gasteiger charge is -2.26. The Morgan fingerprint density at radius 2 is 2.05 bits per heavy atom. The molecule has 1 fully saturated rings. The molecule has 1 aliphatic carbocycles. The minimum Gasteiger partial charge on any atom is -0.481 e. The van der Waals surface area contributed by atoms with Crippen LogP contribution in [-0.4, -0.2) is 28.6 Å². The second kappa shape index (κ2) is 7.40. The summed E-state index contributed by atoms with van der Waals surface area (Å²) in [5.41, 5.74) is 0. The molecule has 2 amide bonds. The number of urea groups is 1. The fourth-order valence-corrected chi connectivity index (χ4v) is 3.28. The molecule has 1 aromatic rings. The minimum atomic E-state index is -0.696. The largest absolute Gasteiger partial charge is 0.481 e. The number of carboxylic acids is 1. The third-order valence-corrected chi connectivity index (χ3v) is 4.73. The van der Waals surface area contributed by atoms with E-state index in [1.165, 1.54) is 0 Å². The van der Waals surface area contributed by atoms with E-state index in [4.69, 9.17) is 5.11 Å². The monoisotopic (exact) mass is 311 g/mol. The third-order valence-electron chi connectivity index (χ3n) is 3.82. The van der Waals surface area contributed by atoms with Crippen LogP contribution in [0, 0.1) is 18.8 Å². The molecule has 2 rings (SSSR count). The SMILES string of the molecule is Cc1cnc(CNC(=O)NCC2CCC(C(=O)O)CC2)s1. The van der Waals surface area contributed by atoms with Crippen molar-refractivity contribution >= 4 is 23.3 Å². The van der Waals surface area contributed by atoms with Crippen molar-refractivity contribution in [3.63, 3.8) is 0 Å². The van der Waals surface area contributed by atoms with Gasteiger partial charge in [0.2, 0.25) is 0 Å². The Labute approximate surface area is 128 Å². The maximum absolute atomic E-state index is 11.7. The van der Waals surface area contributed by atoms with Gasteiger partial charge < -0.3 is 15.7 Å². The lowest BCUT2D eigenvalue weighted by atomic mass is 9.82. The van der Waals surface area contributed by atoms with Crippen molar-refractivity contribution in [3.8, 4) is 0 Å². The minimum absolute atomic E-state index is 0.191. The van der Waals surface area contributed by atoms with Crippen LogP contribution in [0.15, 0.2) is 6.20 Å². The number of thiazole rings is 1. The van der Waals surface area contributed by atoms with E-state index < -0.39 is 5.97 Å². The molecule has 1 heterocycles. The number of nitrogens with zero attached hydrogens (tertiary/aromatic N) is 1. The van der Waals surface area contributed by atoms with Gasteiger partial charge in [-0.1, -0.05) is 0 Å². The molecule has 0 unspecified atom stereocenters. The van der Waals surface area contributed by atoms with Crippen molar-refractivity contribution in [3.05, 3.63) is 16.1 Å². The molecule has 0 radical (unpaired) electrons. The molecule has 1 aliphatic rings. The molecule has 1 saturated carbocycles. The highest BCUT2D eigenvalue weighted by molar-refractivity contribution is 7.11. The molecule has 3 N–H and O–H groups in total. The van der Waals surface area contributed by atoms with Gasteiger partial charge in [0.1, 0.15) is 5.01 Å². The summed E-state index contributed by atoms with van der Waals surface area (Å²) in [6.07, 6.45) is 4.94. The molecule has 6 nitrogen and oxygen atoms in total. The number of hydrogen-bond donors (Lipinski definition) is 3. The summed E-state index contributed by atoms with van der Waals surface area (Å²) in [5, 5.41) is 15.5. The van der Waals surface area contributed by atoms with Gasteiger partial charge >= 0.3 is 12.0 Å². The van der Waals surface area contributed by atoms with E-state index in [9.17, 15) is 9.59 Å². The number of carbonyl (C=O) groups is 2. The van der Waals surface area contributed by atoms with E-state index in [2.05, 4.69) is 15.6 Å². The molecular weight excluding hydrogens is 290 g/mol. The van der Waals surface area contributed by atoms with Crippen LogP contribution in [-0.2, 0) is 11.3 Å². The summed E-state index contributed by atoms with van der Waals surface area (Å²) in [5.74, 6) is -0.519. The van der Waals surface area contributed by atoms with Crippen molar-refractivity contribution in [1.82, 2.24) is 15.6 Å². The fourth-order valence-electron chi connectivity index (χ4n) is 2.55. The molecule has 21 heavy (non-hydrogen) atoms. The van der Waals surface area contributed by atoms with Gasteiger partial charge in [-0.05, 0) is 38.5 Å². The Hall–Kier alpha value is -1.63. The molecule has 0 aromatic carbocycles. The Bertz CT molecular complexity index is 495. The summed E-state index contributed by atoms with van der Waals surface area (Å²) in [6.45, 7) is 3.03. The Morgan fingerprint density at radius 3 is 2.62 bits per heavy atom. The van der Waals surface area contributed by atoms with Crippen LogP contribution in [0.5, 0.6) is 0 Å². The van der Waals surface area contributed by atoms with Crippen LogP contribution in [0.3, 0.4) is 0 Å². The number of carbonyl (C=O) groups excluding carboxylic acids is 1. The Morgan fingerprint density at radius 1 is 1.33 bits per heavy atom. The van der Waals surface area contributed by atoms with Crippen molar-refractivity contribution in [2.24, 2.45) is 11.8 Å². The number of aryl methyl sites for hydroxylation is 1. The summed E-state index contributed by atoms with van der Waals surface area (Å²) in [4.78, 5) is 27.9. The first-order valence-electron chi connectivity index (χ1n) is 7.20. The first-order chi connectivity index (χ1) is 10.0. The zero-order valence-corrected chi connectivity index (χ0v) is 12.9. The van der Waals surface area contributed by atoms with Crippen molar-refractivity contribution in [1.29, 1.82) is 0 Å². The van der Waals surface area contributed by atoms with E-state index in [1.54, 1.807) is 17.5 Å². The van der Waals surface area contributed by atoms with Crippen LogP contribution in [0.1, 0.15) is 35.6 Å². The molecular formula is C14H21N3O3S. The van der Waals surface area contributed by atoms with E-state index in [1.807, 2.05) is 6.92 Å². The maximum atomic E-state index is 11.7. The van der Waals surface area contributed by atoms with Gasteiger partial charge in [-0.25, -0.2) is 9.78 Å². The smallest absolute Gasteiger partial charge is 0.315 e. The maximum Gasteiger partial charge on any atom is 0.315 e. The number of hydrogen-bond acceptors (Lipinski definition) is 4. The van der Waals surface area contributed by atoms with Crippen molar-refractivity contribution in [2.75, 3.05) is 6.54 Å². The van der Waals surface area contributed by atoms with Crippen molar-refractivity contribution < 1.29 is 14.7 Å². The van der Waals surface area contributed by atoms with Crippen LogP contribution in [0.2, 0.25) is 0 Å². The summed E-state index contributed by atoms with van der Waals surface area (Å²) < 4.78 is 0. The Kier molecular flexibility index (Phi) is 5.55. The van der Waals surface area contributed by atoms with E-state index >= 15 is 0 Å². The summed E-state index contributed by atoms with van der Waals surface area (Å²) >= 11 is 1.57. The van der Waals surface area contributed by atoms with Crippen LogP contribution >= 0.6 is 11.3 Å². The Balaban J connectivity index is 1.62. The number of aliphatic carboxylic acids is 1. The lowest BCUT2D eigenvalue weighted by Crippen LogP contribution is -2.38. The molecule has 0 atom stereocenters. The number of nitrogens with one attached hydrogen (secondary N) is 2. The van der Waals surface area contributed by atoms with E-state index in [0.29, 0.717) is 31.8 Å². The highest BCUT2D eigenvalue weighted by atomic mass is 32.1. The lowest BCUT2D eigenvalue weighted by molar-refractivity contribution is -0.143. The average molecular weight is 311 g/mol. The molecule has 0 aliphatic heterocycles. The van der Waals surface area contributed by atoms with E-state index in [-0.39, 0.29) is 11.9 Å². The van der Waals surface area contributed by atoms with Gasteiger partial charge in [0, 0.05) is 17.6 Å². The van der Waals surface area contributed by atoms with Crippen LogP contribution < -0.4 is 10.6 Å². The van der Waals surface area contributed by atoms with Gasteiger partial charge in [-0.15, -0.1) is 11.3 Å². The first-order valence-corrected chi connectivity index (χ1v) is 8.02. The number of rotatable bonds is 5. The summed E-state index contributed by atoms with van der Waals surface area (Å²) in [7, 11) is 0. The zero-order valence-electron chi connectivity index (χ0n) is 12.1. The van der Waals surface area contributed by atoms with Gasteiger partial charge in [0.15, 0.2) is 0 Å². The molecule has 116 valence electrons. The molecule has 1 aromatic heterocycles. The van der Waals surface area contributed by atoms with Gasteiger partial charge in [-0.3, -0.25) is 4.79 Å². The van der Waals surface area contributed by atoms with Gasteiger partial charge in [-0.2, -0.15) is 0 Å². The molecule has 0 spiro atoms. The van der Waals surface area contributed by atoms with E-state index in [0.717, 1.165) is 22.7 Å². The second-order valence-electron chi connectivity index (χ2n) is 5.48. The van der Waals surface area contributed by atoms with Crippen LogP contribution in [0.4, 0.5) is 4.79 Å². The standard InChI is InChI=1S/C14H21N3O3S/c1-9-6-15-12(21-9)8-17-14(20)16-7-10-2-4-11(5-3-10)13(18)19/h6,10-11H,2-5,7-8H2,1H3,(H,18,19)(H2,16,17,20). The summed E-state index contributed by atoms with van der Waals surface area (Å²) in [6, 6.07) is -0.191.